The average Bonchev–Trinajstić information content (AvgIpc) is 3.54. The van der Waals surface area contributed by atoms with E-state index < -0.39 is 0 Å². The van der Waals surface area contributed by atoms with Crippen molar-refractivity contribution in [1.29, 1.82) is 0 Å². The minimum absolute atomic E-state index is 0.0624. The van der Waals surface area contributed by atoms with E-state index in [0.29, 0.717) is 0 Å². The maximum atomic E-state index is 13.5. The summed E-state index contributed by atoms with van der Waals surface area (Å²) < 4.78 is 6.48. The van der Waals surface area contributed by atoms with Crippen molar-refractivity contribution >= 4 is 44.8 Å². The van der Waals surface area contributed by atoms with Crippen LogP contribution in [0.5, 0.6) is 0 Å². The second-order valence-electron chi connectivity index (χ2n) is 10.1. The van der Waals surface area contributed by atoms with Gasteiger partial charge in [0, 0.05) is 33.3 Å². The zero-order chi connectivity index (χ0) is 26.6. The Morgan fingerprint density at radius 2 is 1.15 bits per heavy atom. The largest absolute Gasteiger partial charge is 0.454 e. The number of ketones is 1. The Morgan fingerprint density at radius 3 is 2.05 bits per heavy atom. The van der Waals surface area contributed by atoms with Crippen LogP contribution in [0.3, 0.4) is 0 Å². The number of anilines is 3. The van der Waals surface area contributed by atoms with Gasteiger partial charge in [-0.1, -0.05) is 103 Å². The molecule has 0 spiro atoms. The number of fused-ring (bicyclic) bond motifs is 6. The number of carbonyl (C=O) groups is 1. The molecule has 0 radical (unpaired) electrons. The van der Waals surface area contributed by atoms with Gasteiger partial charge in [0.1, 0.15) is 5.58 Å². The normalized spacial score (nSPS) is 12.1. The molecule has 6 aromatic carbocycles. The van der Waals surface area contributed by atoms with Gasteiger partial charge in [-0.3, -0.25) is 4.79 Å². The van der Waals surface area contributed by atoms with Crippen LogP contribution in [0.4, 0.5) is 17.1 Å². The van der Waals surface area contributed by atoms with E-state index in [2.05, 4.69) is 89.8 Å². The molecule has 8 rings (SSSR count). The van der Waals surface area contributed by atoms with Crippen molar-refractivity contribution in [3.63, 3.8) is 0 Å². The fraction of sp³-hybridized carbons (Fsp3) is 0. The molecule has 0 saturated carbocycles. The van der Waals surface area contributed by atoms with Gasteiger partial charge in [0.05, 0.1) is 5.69 Å². The maximum absolute atomic E-state index is 13.5. The molecule has 0 fully saturated rings. The molecule has 188 valence electrons. The summed E-state index contributed by atoms with van der Waals surface area (Å²) in [7, 11) is 0. The Kier molecular flexibility index (Phi) is 4.98. The molecule has 0 saturated heterocycles. The molecule has 0 amide bonds. The summed E-state index contributed by atoms with van der Waals surface area (Å²) in [6.45, 7) is 0. The summed E-state index contributed by atoms with van der Waals surface area (Å²) >= 11 is 0. The summed E-state index contributed by atoms with van der Waals surface area (Å²) in [5.41, 5.74) is 10.2. The molecule has 40 heavy (non-hydrogen) atoms. The Balaban J connectivity index is 1.37. The van der Waals surface area contributed by atoms with E-state index in [4.69, 9.17) is 4.42 Å². The van der Waals surface area contributed by atoms with Gasteiger partial charge in [-0.2, -0.15) is 0 Å². The van der Waals surface area contributed by atoms with Crippen molar-refractivity contribution in [1.82, 2.24) is 0 Å². The second kappa shape index (κ2) is 8.82. The number of benzene rings is 6. The number of hydrogen-bond acceptors (Lipinski definition) is 3. The maximum Gasteiger partial charge on any atom is 0.194 e. The van der Waals surface area contributed by atoms with E-state index in [1.807, 2.05) is 54.6 Å². The summed E-state index contributed by atoms with van der Waals surface area (Å²) in [6, 6.07) is 47.3. The molecule has 1 aliphatic rings. The van der Waals surface area contributed by atoms with Crippen molar-refractivity contribution in [3.8, 4) is 22.3 Å². The van der Waals surface area contributed by atoms with Crippen molar-refractivity contribution in [2.45, 2.75) is 0 Å². The van der Waals surface area contributed by atoms with Crippen molar-refractivity contribution < 1.29 is 9.21 Å². The predicted octanol–water partition coefficient (Wildman–Crippen LogP) is 9.93. The quantitative estimate of drug-likeness (QED) is 0.235. The Labute approximate surface area is 231 Å². The lowest BCUT2D eigenvalue weighted by atomic mass is 10.0. The number of hydrogen-bond donors (Lipinski definition) is 0. The first-order valence-electron chi connectivity index (χ1n) is 13.4. The third-order valence-corrected chi connectivity index (χ3v) is 7.80. The lowest BCUT2D eigenvalue weighted by molar-refractivity contribution is 0.104. The molecule has 1 aliphatic carbocycles. The zero-order valence-corrected chi connectivity index (χ0v) is 21.5. The number of furan rings is 1. The van der Waals surface area contributed by atoms with Crippen LogP contribution in [0.25, 0.3) is 44.2 Å². The summed E-state index contributed by atoms with van der Waals surface area (Å²) in [5, 5.41) is 2.14. The van der Waals surface area contributed by atoms with E-state index in [1.165, 1.54) is 0 Å². The van der Waals surface area contributed by atoms with Gasteiger partial charge in [0.2, 0.25) is 0 Å². The van der Waals surface area contributed by atoms with Crippen LogP contribution in [0.15, 0.2) is 144 Å². The van der Waals surface area contributed by atoms with Crippen LogP contribution >= 0.6 is 0 Å². The standard InChI is InChI=1S/C37H23NO2/c39-36-31-16-5-4-14-28(31)29-21-20-27(23-33(29)36)38(26-13-8-12-25(22-26)24-10-2-1-3-11-24)34-18-9-17-32-30-15-6-7-19-35(30)40-37(32)34/h1-23H. The highest BCUT2D eigenvalue weighted by Crippen LogP contribution is 2.45. The van der Waals surface area contributed by atoms with Gasteiger partial charge in [-0.25, -0.2) is 0 Å². The molecule has 7 aromatic rings. The fourth-order valence-electron chi connectivity index (χ4n) is 5.95. The molecule has 0 N–H and O–H groups in total. The summed E-state index contributed by atoms with van der Waals surface area (Å²) in [6.07, 6.45) is 0. The molecule has 3 heteroatoms. The summed E-state index contributed by atoms with van der Waals surface area (Å²) in [5.74, 6) is 0.0624. The first kappa shape index (κ1) is 22.6. The fourth-order valence-corrected chi connectivity index (χ4v) is 5.95. The highest BCUT2D eigenvalue weighted by atomic mass is 16.3. The second-order valence-corrected chi connectivity index (χ2v) is 10.1. The summed E-state index contributed by atoms with van der Waals surface area (Å²) in [4.78, 5) is 15.7. The lowest BCUT2D eigenvalue weighted by Gasteiger charge is -2.26. The van der Waals surface area contributed by atoms with Gasteiger partial charge < -0.3 is 9.32 Å². The number of nitrogens with zero attached hydrogens (tertiary/aromatic N) is 1. The number of rotatable bonds is 4. The Hall–Kier alpha value is -5.41. The van der Waals surface area contributed by atoms with Crippen LogP contribution in [0, 0.1) is 0 Å². The number of carbonyl (C=O) groups excluding carboxylic acids is 1. The first-order valence-corrected chi connectivity index (χ1v) is 13.4. The Bertz CT molecular complexity index is 2090. The van der Waals surface area contributed by atoms with Gasteiger partial charge in [0.15, 0.2) is 11.4 Å². The third-order valence-electron chi connectivity index (χ3n) is 7.80. The molecular formula is C37H23NO2. The van der Waals surface area contributed by atoms with Crippen LogP contribution < -0.4 is 4.90 Å². The van der Waals surface area contributed by atoms with Crippen molar-refractivity contribution in [3.05, 3.63) is 151 Å². The molecular weight excluding hydrogens is 490 g/mol. The van der Waals surface area contributed by atoms with E-state index in [-0.39, 0.29) is 5.78 Å². The molecule has 0 atom stereocenters. The topological polar surface area (TPSA) is 33.5 Å². The molecule has 0 unspecified atom stereocenters. The minimum Gasteiger partial charge on any atom is -0.454 e. The average molecular weight is 514 g/mol. The molecule has 3 nitrogen and oxygen atoms in total. The smallest absolute Gasteiger partial charge is 0.194 e. The van der Waals surface area contributed by atoms with E-state index >= 15 is 0 Å². The molecule has 1 heterocycles. The molecule has 1 aromatic heterocycles. The van der Waals surface area contributed by atoms with E-state index in [0.717, 1.165) is 72.4 Å². The van der Waals surface area contributed by atoms with Gasteiger partial charge in [-0.15, -0.1) is 0 Å². The van der Waals surface area contributed by atoms with Crippen LogP contribution in [-0.2, 0) is 0 Å². The molecule has 0 bridgehead atoms. The van der Waals surface area contributed by atoms with Gasteiger partial charge >= 0.3 is 0 Å². The van der Waals surface area contributed by atoms with Crippen molar-refractivity contribution in [2.24, 2.45) is 0 Å². The van der Waals surface area contributed by atoms with Gasteiger partial charge in [0.25, 0.3) is 0 Å². The number of para-hydroxylation sites is 2. The van der Waals surface area contributed by atoms with E-state index in [9.17, 15) is 4.79 Å². The molecule has 0 aliphatic heterocycles. The van der Waals surface area contributed by atoms with Gasteiger partial charge in [-0.05, 0) is 58.7 Å². The van der Waals surface area contributed by atoms with Crippen LogP contribution in [0.1, 0.15) is 15.9 Å². The van der Waals surface area contributed by atoms with Crippen LogP contribution in [-0.4, -0.2) is 5.78 Å². The predicted molar refractivity (Wildman–Crippen MR) is 163 cm³/mol. The lowest BCUT2D eigenvalue weighted by Crippen LogP contribution is -2.11. The highest BCUT2D eigenvalue weighted by Gasteiger charge is 2.28. The Morgan fingerprint density at radius 1 is 0.475 bits per heavy atom. The van der Waals surface area contributed by atoms with Crippen LogP contribution in [0.2, 0.25) is 0 Å². The van der Waals surface area contributed by atoms with E-state index in [1.54, 1.807) is 0 Å². The monoisotopic (exact) mass is 513 g/mol. The first-order chi connectivity index (χ1) is 19.8. The van der Waals surface area contributed by atoms with Crippen molar-refractivity contribution in [2.75, 3.05) is 4.90 Å². The highest BCUT2D eigenvalue weighted by molar-refractivity contribution is 6.22. The third kappa shape index (κ3) is 3.41. The minimum atomic E-state index is 0.0624. The SMILES string of the molecule is O=C1c2ccccc2-c2ccc(N(c3cccc(-c4ccccc4)c3)c3cccc4c3oc3ccccc34)cc21. The zero-order valence-electron chi connectivity index (χ0n) is 21.5.